The SMILES string of the molecule is O=C(c1cc2ccsc2n1C[C@@H]1CCCCO1)N1CCCCC1. The Balaban J connectivity index is 1.63. The maximum absolute atomic E-state index is 13.0. The van der Waals surface area contributed by atoms with Crippen LogP contribution in [0, 0.1) is 0 Å². The van der Waals surface area contributed by atoms with Crippen LogP contribution in [-0.2, 0) is 11.3 Å². The summed E-state index contributed by atoms with van der Waals surface area (Å²) in [4.78, 5) is 16.2. The van der Waals surface area contributed by atoms with Crippen LogP contribution in [0.25, 0.3) is 10.2 Å². The lowest BCUT2D eigenvalue weighted by Crippen LogP contribution is -2.37. The standard InChI is InChI=1S/C18H24N2O2S/c21-17(19-8-3-1-4-9-19)16-12-14-7-11-23-18(14)20(16)13-15-6-2-5-10-22-15/h7,11-12,15H,1-6,8-10,13H2/t15-/m0/s1. The van der Waals surface area contributed by atoms with Gasteiger partial charge in [-0.05, 0) is 56.0 Å². The molecule has 2 aliphatic heterocycles. The van der Waals surface area contributed by atoms with E-state index in [0.717, 1.165) is 57.6 Å². The van der Waals surface area contributed by atoms with E-state index in [1.54, 1.807) is 11.3 Å². The quantitative estimate of drug-likeness (QED) is 0.854. The molecule has 1 amide bonds. The summed E-state index contributed by atoms with van der Waals surface area (Å²) in [6.45, 7) is 3.46. The Bertz CT molecular complexity index is 678. The van der Waals surface area contributed by atoms with E-state index in [9.17, 15) is 4.79 Å². The molecule has 0 spiro atoms. The summed E-state index contributed by atoms with van der Waals surface area (Å²) in [5.41, 5.74) is 0.850. The Morgan fingerprint density at radius 2 is 2.09 bits per heavy atom. The van der Waals surface area contributed by atoms with Crippen LogP contribution in [0.1, 0.15) is 49.0 Å². The van der Waals surface area contributed by atoms with E-state index in [-0.39, 0.29) is 12.0 Å². The van der Waals surface area contributed by atoms with Gasteiger partial charge in [0.15, 0.2) is 0 Å². The first-order valence-electron chi connectivity index (χ1n) is 8.80. The number of nitrogens with zero attached hydrogens (tertiary/aromatic N) is 2. The molecule has 2 fully saturated rings. The Kier molecular flexibility index (Phi) is 4.40. The Hall–Kier alpha value is -1.33. The van der Waals surface area contributed by atoms with E-state index in [4.69, 9.17) is 4.74 Å². The molecule has 5 heteroatoms. The van der Waals surface area contributed by atoms with Gasteiger partial charge in [0.2, 0.25) is 0 Å². The summed E-state index contributed by atoms with van der Waals surface area (Å²) >= 11 is 1.72. The van der Waals surface area contributed by atoms with Gasteiger partial charge < -0.3 is 14.2 Å². The van der Waals surface area contributed by atoms with E-state index in [0.29, 0.717) is 0 Å². The minimum atomic E-state index is 0.198. The molecule has 2 aliphatic rings. The molecular formula is C18H24N2O2S. The van der Waals surface area contributed by atoms with Crippen LogP contribution in [0.3, 0.4) is 0 Å². The highest BCUT2D eigenvalue weighted by Gasteiger charge is 2.25. The van der Waals surface area contributed by atoms with Gasteiger partial charge in [0, 0.05) is 25.1 Å². The van der Waals surface area contributed by atoms with Gasteiger partial charge in [-0.3, -0.25) is 4.79 Å². The fourth-order valence-electron chi connectivity index (χ4n) is 3.75. The Morgan fingerprint density at radius 1 is 1.22 bits per heavy atom. The molecule has 2 aromatic heterocycles. The van der Waals surface area contributed by atoms with Crippen molar-refractivity contribution in [3.8, 4) is 0 Å². The molecule has 0 radical (unpaired) electrons. The molecule has 0 unspecified atom stereocenters. The third kappa shape index (κ3) is 3.04. The van der Waals surface area contributed by atoms with Crippen LogP contribution >= 0.6 is 11.3 Å². The van der Waals surface area contributed by atoms with Crippen LogP contribution in [-0.4, -0.2) is 41.2 Å². The average Bonchev–Trinajstić information content (AvgIpc) is 3.19. The summed E-state index contributed by atoms with van der Waals surface area (Å²) in [5.74, 6) is 0.198. The van der Waals surface area contributed by atoms with Crippen molar-refractivity contribution in [2.24, 2.45) is 0 Å². The molecule has 124 valence electrons. The summed E-state index contributed by atoms with van der Waals surface area (Å²) < 4.78 is 8.13. The second kappa shape index (κ2) is 6.65. The molecule has 2 aromatic rings. The number of fused-ring (bicyclic) bond motifs is 1. The zero-order chi connectivity index (χ0) is 15.6. The molecule has 4 heterocycles. The number of piperidine rings is 1. The number of rotatable bonds is 3. The zero-order valence-corrected chi connectivity index (χ0v) is 14.3. The number of carbonyl (C=O) groups excluding carboxylic acids is 1. The van der Waals surface area contributed by atoms with Gasteiger partial charge in [-0.15, -0.1) is 11.3 Å². The molecular weight excluding hydrogens is 308 g/mol. The fraction of sp³-hybridized carbons (Fsp3) is 0.611. The first-order valence-corrected chi connectivity index (χ1v) is 9.68. The van der Waals surface area contributed by atoms with Crippen molar-refractivity contribution in [2.45, 2.75) is 51.2 Å². The van der Waals surface area contributed by atoms with Crippen LogP contribution < -0.4 is 0 Å². The number of carbonyl (C=O) groups is 1. The molecule has 2 saturated heterocycles. The van der Waals surface area contributed by atoms with Gasteiger partial charge in [0.05, 0.1) is 12.6 Å². The average molecular weight is 332 g/mol. The predicted octanol–water partition coefficient (Wildman–Crippen LogP) is 3.90. The van der Waals surface area contributed by atoms with Crippen molar-refractivity contribution >= 4 is 27.5 Å². The first kappa shape index (κ1) is 15.2. The first-order chi connectivity index (χ1) is 11.3. The normalized spacial score (nSPS) is 22.6. The number of aromatic nitrogens is 1. The molecule has 0 bridgehead atoms. The molecule has 0 aliphatic carbocycles. The monoisotopic (exact) mass is 332 g/mol. The highest BCUT2D eigenvalue weighted by atomic mass is 32.1. The Labute approximate surface area is 141 Å². The number of amides is 1. The lowest BCUT2D eigenvalue weighted by Gasteiger charge is -2.28. The van der Waals surface area contributed by atoms with Crippen LogP contribution in [0.2, 0.25) is 0 Å². The highest BCUT2D eigenvalue weighted by Crippen LogP contribution is 2.28. The number of ether oxygens (including phenoxy) is 1. The van der Waals surface area contributed by atoms with E-state index in [1.807, 2.05) is 4.90 Å². The van der Waals surface area contributed by atoms with E-state index in [1.165, 1.54) is 23.1 Å². The van der Waals surface area contributed by atoms with Crippen molar-refractivity contribution in [1.29, 1.82) is 0 Å². The predicted molar refractivity (Wildman–Crippen MR) is 93.2 cm³/mol. The maximum Gasteiger partial charge on any atom is 0.270 e. The van der Waals surface area contributed by atoms with Crippen molar-refractivity contribution in [3.05, 3.63) is 23.2 Å². The molecule has 1 atom stereocenters. The van der Waals surface area contributed by atoms with Crippen molar-refractivity contribution in [1.82, 2.24) is 9.47 Å². The Morgan fingerprint density at radius 3 is 2.87 bits per heavy atom. The third-order valence-electron chi connectivity index (χ3n) is 5.02. The number of hydrogen-bond acceptors (Lipinski definition) is 3. The third-order valence-corrected chi connectivity index (χ3v) is 5.98. The minimum Gasteiger partial charge on any atom is -0.376 e. The smallest absolute Gasteiger partial charge is 0.270 e. The highest BCUT2D eigenvalue weighted by molar-refractivity contribution is 7.16. The van der Waals surface area contributed by atoms with Crippen molar-refractivity contribution in [2.75, 3.05) is 19.7 Å². The second-order valence-electron chi connectivity index (χ2n) is 6.66. The maximum atomic E-state index is 13.0. The zero-order valence-electron chi connectivity index (χ0n) is 13.5. The molecule has 0 aromatic carbocycles. The van der Waals surface area contributed by atoms with Gasteiger partial charge in [-0.2, -0.15) is 0 Å². The van der Waals surface area contributed by atoms with Gasteiger partial charge in [-0.25, -0.2) is 0 Å². The van der Waals surface area contributed by atoms with Gasteiger partial charge in [-0.1, -0.05) is 0 Å². The van der Waals surface area contributed by atoms with E-state index in [2.05, 4.69) is 22.1 Å². The molecule has 0 saturated carbocycles. The van der Waals surface area contributed by atoms with Gasteiger partial charge in [0.25, 0.3) is 5.91 Å². The molecule has 0 N–H and O–H groups in total. The topological polar surface area (TPSA) is 34.5 Å². The van der Waals surface area contributed by atoms with Gasteiger partial charge >= 0.3 is 0 Å². The van der Waals surface area contributed by atoms with Crippen molar-refractivity contribution in [3.63, 3.8) is 0 Å². The second-order valence-corrected chi connectivity index (χ2v) is 7.56. The van der Waals surface area contributed by atoms with Crippen LogP contribution in [0.4, 0.5) is 0 Å². The van der Waals surface area contributed by atoms with Crippen LogP contribution in [0.15, 0.2) is 17.5 Å². The summed E-state index contributed by atoms with van der Waals surface area (Å²) in [6.07, 6.45) is 7.25. The fourth-order valence-corrected chi connectivity index (χ4v) is 4.65. The molecule has 4 rings (SSSR count). The van der Waals surface area contributed by atoms with Gasteiger partial charge in [0.1, 0.15) is 10.5 Å². The number of hydrogen-bond donors (Lipinski definition) is 0. The van der Waals surface area contributed by atoms with Crippen LogP contribution in [0.5, 0.6) is 0 Å². The molecule has 23 heavy (non-hydrogen) atoms. The molecule has 4 nitrogen and oxygen atoms in total. The minimum absolute atomic E-state index is 0.198. The largest absolute Gasteiger partial charge is 0.376 e. The van der Waals surface area contributed by atoms with E-state index >= 15 is 0 Å². The lowest BCUT2D eigenvalue weighted by atomic mass is 10.1. The number of thiophene rings is 1. The summed E-state index contributed by atoms with van der Waals surface area (Å²) in [5, 5.41) is 3.30. The number of likely N-dealkylation sites (tertiary alicyclic amines) is 1. The summed E-state index contributed by atoms with van der Waals surface area (Å²) in [7, 11) is 0. The lowest BCUT2D eigenvalue weighted by molar-refractivity contribution is 0.00625. The summed E-state index contributed by atoms with van der Waals surface area (Å²) in [6, 6.07) is 4.19. The van der Waals surface area contributed by atoms with Crippen molar-refractivity contribution < 1.29 is 9.53 Å². The van der Waals surface area contributed by atoms with E-state index < -0.39 is 0 Å².